The molecule has 0 spiro atoms. The predicted octanol–water partition coefficient (Wildman–Crippen LogP) is 5.82. The Morgan fingerprint density at radius 1 is 1.23 bits per heavy atom. The smallest absolute Gasteiger partial charge is 0.221 e. The highest BCUT2D eigenvalue weighted by Crippen LogP contribution is 2.42. The summed E-state index contributed by atoms with van der Waals surface area (Å²) in [6, 6.07) is 11.7. The van der Waals surface area contributed by atoms with Gasteiger partial charge in [-0.25, -0.2) is 0 Å². The zero-order chi connectivity index (χ0) is 21.9. The van der Waals surface area contributed by atoms with Gasteiger partial charge in [0, 0.05) is 48.3 Å². The first-order chi connectivity index (χ1) is 14.2. The fourth-order valence-corrected chi connectivity index (χ4v) is 4.01. The number of anilines is 2. The first-order valence-corrected chi connectivity index (χ1v) is 10.4. The van der Waals surface area contributed by atoms with Crippen LogP contribution in [-0.4, -0.2) is 31.3 Å². The van der Waals surface area contributed by atoms with E-state index in [9.17, 15) is 4.79 Å². The fraction of sp³-hybridized carbons (Fsp3) is 0.360. The molecule has 0 saturated carbocycles. The summed E-state index contributed by atoms with van der Waals surface area (Å²) in [7, 11) is 1.70. The van der Waals surface area contributed by atoms with E-state index in [-0.39, 0.29) is 11.4 Å². The number of benzene rings is 2. The lowest BCUT2D eigenvalue weighted by molar-refractivity contribution is -0.114. The van der Waals surface area contributed by atoms with E-state index < -0.39 is 0 Å². The van der Waals surface area contributed by atoms with Gasteiger partial charge in [-0.3, -0.25) is 9.79 Å². The van der Waals surface area contributed by atoms with Gasteiger partial charge in [0.2, 0.25) is 5.91 Å². The molecule has 158 valence electrons. The van der Waals surface area contributed by atoms with E-state index in [1.54, 1.807) is 7.11 Å². The second-order valence-electron chi connectivity index (χ2n) is 8.23. The number of hydrogen-bond acceptors (Lipinski definition) is 4. The van der Waals surface area contributed by atoms with Crippen molar-refractivity contribution in [3.05, 3.63) is 53.6 Å². The molecule has 3 rings (SSSR count). The van der Waals surface area contributed by atoms with Crippen LogP contribution in [0.2, 0.25) is 0 Å². The third kappa shape index (κ3) is 4.56. The van der Waals surface area contributed by atoms with Gasteiger partial charge in [-0.05, 0) is 63.1 Å². The summed E-state index contributed by atoms with van der Waals surface area (Å²) in [6.45, 7) is 11.4. The van der Waals surface area contributed by atoms with Crippen molar-refractivity contribution in [1.82, 2.24) is 0 Å². The molecule has 0 radical (unpaired) electrons. The number of methoxy groups -OCH3 is 1. The van der Waals surface area contributed by atoms with E-state index in [4.69, 9.17) is 4.74 Å². The maximum absolute atomic E-state index is 11.2. The molecule has 2 aromatic carbocycles. The van der Waals surface area contributed by atoms with E-state index in [1.165, 1.54) is 23.7 Å². The summed E-state index contributed by atoms with van der Waals surface area (Å²) in [5.41, 5.74) is 6.15. The number of rotatable bonds is 6. The van der Waals surface area contributed by atoms with Gasteiger partial charge < -0.3 is 15.0 Å². The third-order valence-electron chi connectivity index (χ3n) is 5.32. The van der Waals surface area contributed by atoms with Crippen LogP contribution in [0.1, 0.15) is 52.2 Å². The maximum atomic E-state index is 11.2. The number of carbonyl (C=O) groups excluding carboxylic acids is 1. The number of ether oxygens (including phenoxy) is 1. The number of allylic oxidation sites excluding steroid dienone is 1. The van der Waals surface area contributed by atoms with Gasteiger partial charge in [0.05, 0.1) is 18.3 Å². The van der Waals surface area contributed by atoms with Crippen LogP contribution in [0.3, 0.4) is 0 Å². The molecule has 0 aromatic heterocycles. The molecule has 5 heteroatoms. The number of carbonyl (C=O) groups is 1. The molecule has 0 saturated heterocycles. The largest absolute Gasteiger partial charge is 0.496 e. The summed E-state index contributed by atoms with van der Waals surface area (Å²) in [4.78, 5) is 18.2. The van der Waals surface area contributed by atoms with Crippen LogP contribution in [0.25, 0.3) is 5.57 Å². The average molecular weight is 406 g/mol. The summed E-state index contributed by atoms with van der Waals surface area (Å²) in [5.74, 6) is 0.715. The topological polar surface area (TPSA) is 53.9 Å². The van der Waals surface area contributed by atoms with E-state index in [1.807, 2.05) is 30.5 Å². The van der Waals surface area contributed by atoms with Crippen LogP contribution in [0.15, 0.2) is 47.5 Å². The van der Waals surface area contributed by atoms with Gasteiger partial charge in [-0.1, -0.05) is 13.0 Å². The van der Waals surface area contributed by atoms with Crippen molar-refractivity contribution < 1.29 is 9.53 Å². The Kier molecular flexibility index (Phi) is 6.30. The highest BCUT2D eigenvalue weighted by atomic mass is 16.5. The predicted molar refractivity (Wildman–Crippen MR) is 126 cm³/mol. The summed E-state index contributed by atoms with van der Waals surface area (Å²) in [5, 5.41) is 2.76. The van der Waals surface area contributed by atoms with Crippen molar-refractivity contribution >= 4 is 34.8 Å². The molecule has 1 amide bonds. The fourth-order valence-electron chi connectivity index (χ4n) is 4.01. The SMILES string of the molecule is CCCN1c2cc(OC)c(C=Nc3ccc(NC(C)=O)cc3)cc2C(C)=CC1(C)C. The Morgan fingerprint density at radius 3 is 2.53 bits per heavy atom. The Balaban J connectivity index is 1.96. The second-order valence-corrected chi connectivity index (χ2v) is 8.23. The molecule has 1 heterocycles. The summed E-state index contributed by atoms with van der Waals surface area (Å²) < 4.78 is 5.71. The van der Waals surface area contributed by atoms with Crippen LogP contribution >= 0.6 is 0 Å². The van der Waals surface area contributed by atoms with Gasteiger partial charge in [0.25, 0.3) is 0 Å². The molecule has 0 aliphatic carbocycles. The lowest BCUT2D eigenvalue weighted by Crippen LogP contribution is -2.45. The standard InChI is InChI=1S/C25H31N3O2/c1-7-12-28-23-14-24(30-6)19(13-22(23)17(2)15-25(28,4)5)16-26-20-8-10-21(11-9-20)27-18(3)29/h8-11,13-16H,7,12H2,1-6H3,(H,27,29). The van der Waals surface area contributed by atoms with Gasteiger partial charge in [0.1, 0.15) is 5.75 Å². The Morgan fingerprint density at radius 2 is 1.93 bits per heavy atom. The van der Waals surface area contributed by atoms with Crippen molar-refractivity contribution in [1.29, 1.82) is 0 Å². The van der Waals surface area contributed by atoms with Crippen LogP contribution in [0.4, 0.5) is 17.1 Å². The average Bonchev–Trinajstić information content (AvgIpc) is 2.69. The van der Waals surface area contributed by atoms with E-state index in [0.29, 0.717) is 0 Å². The molecule has 1 aliphatic heterocycles. The summed E-state index contributed by atoms with van der Waals surface area (Å²) >= 11 is 0. The second kappa shape index (κ2) is 8.74. The van der Waals surface area contributed by atoms with Crippen molar-refractivity contribution in [3.63, 3.8) is 0 Å². The van der Waals surface area contributed by atoms with Crippen molar-refractivity contribution in [2.45, 2.75) is 46.6 Å². The third-order valence-corrected chi connectivity index (χ3v) is 5.32. The van der Waals surface area contributed by atoms with Crippen LogP contribution in [0.5, 0.6) is 5.75 Å². The molecule has 1 aliphatic rings. The van der Waals surface area contributed by atoms with Crippen LogP contribution in [-0.2, 0) is 4.79 Å². The lowest BCUT2D eigenvalue weighted by Gasteiger charge is -2.43. The zero-order valence-corrected chi connectivity index (χ0v) is 18.7. The normalized spacial score (nSPS) is 15.0. The van der Waals surface area contributed by atoms with E-state index in [2.05, 4.69) is 61.1 Å². The summed E-state index contributed by atoms with van der Waals surface area (Å²) in [6.07, 6.45) is 5.25. The number of amides is 1. The first-order valence-electron chi connectivity index (χ1n) is 10.4. The van der Waals surface area contributed by atoms with Crippen LogP contribution < -0.4 is 15.0 Å². The highest BCUT2D eigenvalue weighted by molar-refractivity contribution is 5.92. The molecule has 5 nitrogen and oxygen atoms in total. The van der Waals surface area contributed by atoms with E-state index in [0.717, 1.165) is 35.7 Å². The number of aliphatic imine (C=N–C) groups is 1. The van der Waals surface area contributed by atoms with E-state index >= 15 is 0 Å². The molecule has 1 N–H and O–H groups in total. The maximum Gasteiger partial charge on any atom is 0.221 e. The number of hydrogen-bond donors (Lipinski definition) is 1. The minimum absolute atomic E-state index is 0.0383. The Hall–Kier alpha value is -3.08. The number of nitrogens with one attached hydrogen (secondary N) is 1. The monoisotopic (exact) mass is 405 g/mol. The minimum atomic E-state index is -0.0891. The van der Waals surface area contributed by atoms with Crippen molar-refractivity contribution in [2.24, 2.45) is 4.99 Å². The minimum Gasteiger partial charge on any atom is -0.496 e. The molecule has 0 atom stereocenters. The van der Waals surface area contributed by atoms with Crippen molar-refractivity contribution in [2.75, 3.05) is 23.9 Å². The molecular weight excluding hydrogens is 374 g/mol. The zero-order valence-electron chi connectivity index (χ0n) is 18.7. The van der Waals surface area contributed by atoms with Crippen LogP contribution in [0, 0.1) is 0 Å². The highest BCUT2D eigenvalue weighted by Gasteiger charge is 2.31. The quantitative estimate of drug-likeness (QED) is 0.617. The Labute approximate surface area is 179 Å². The van der Waals surface area contributed by atoms with Gasteiger partial charge in [0.15, 0.2) is 0 Å². The molecule has 0 unspecified atom stereocenters. The Bertz CT molecular complexity index is 988. The van der Waals surface area contributed by atoms with Crippen molar-refractivity contribution in [3.8, 4) is 5.75 Å². The molecular formula is C25H31N3O2. The van der Waals surface area contributed by atoms with Gasteiger partial charge in [-0.2, -0.15) is 0 Å². The molecule has 0 fully saturated rings. The van der Waals surface area contributed by atoms with Gasteiger partial charge >= 0.3 is 0 Å². The molecule has 2 aromatic rings. The number of fused-ring (bicyclic) bond motifs is 1. The van der Waals surface area contributed by atoms with Gasteiger partial charge in [-0.15, -0.1) is 0 Å². The lowest BCUT2D eigenvalue weighted by atomic mass is 9.87. The number of nitrogens with zero attached hydrogens (tertiary/aromatic N) is 2. The molecule has 0 bridgehead atoms. The molecule has 30 heavy (non-hydrogen) atoms. The first kappa shape index (κ1) is 21.6.